The van der Waals surface area contributed by atoms with Gasteiger partial charge in [0.25, 0.3) is 5.56 Å². The van der Waals surface area contributed by atoms with Crippen molar-refractivity contribution in [3.05, 3.63) is 73.4 Å². The van der Waals surface area contributed by atoms with Gasteiger partial charge >= 0.3 is 6.18 Å². The Hall–Kier alpha value is -3.01. The first-order chi connectivity index (χ1) is 16.9. The van der Waals surface area contributed by atoms with Crippen LogP contribution in [-0.4, -0.2) is 31.7 Å². The maximum Gasteiger partial charge on any atom is 0.394 e. The van der Waals surface area contributed by atoms with Crippen molar-refractivity contribution in [2.45, 2.75) is 69.6 Å². The van der Waals surface area contributed by atoms with Crippen molar-refractivity contribution < 1.29 is 17.9 Å². The lowest BCUT2D eigenvalue weighted by atomic mass is 9.34. The Bertz CT molecular complexity index is 1500. The molecule has 36 heavy (non-hydrogen) atoms. The van der Waals surface area contributed by atoms with Gasteiger partial charge in [-0.25, -0.2) is 4.98 Å². The number of aryl methyl sites for hydroxylation is 2. The van der Waals surface area contributed by atoms with Crippen LogP contribution in [0.1, 0.15) is 72.3 Å². The summed E-state index contributed by atoms with van der Waals surface area (Å²) in [5.41, 5.74) is 0.841. The van der Waals surface area contributed by atoms with Crippen molar-refractivity contribution in [3.63, 3.8) is 0 Å². The summed E-state index contributed by atoms with van der Waals surface area (Å²) < 4.78 is 49.8. The third-order valence-electron chi connectivity index (χ3n) is 8.61. The third kappa shape index (κ3) is 3.22. The number of ether oxygens (including phenoxy) is 1. The Morgan fingerprint density at radius 2 is 1.81 bits per heavy atom. The fourth-order valence-corrected chi connectivity index (χ4v) is 6.35. The summed E-state index contributed by atoms with van der Waals surface area (Å²) in [5, 5.41) is 0. The molecule has 4 aliphatic rings. The molecule has 1 aliphatic heterocycles. The molecule has 2 bridgehead atoms. The molecule has 3 aromatic rings. The highest BCUT2D eigenvalue weighted by Crippen LogP contribution is 2.78. The van der Waals surface area contributed by atoms with Crippen LogP contribution in [0, 0.1) is 19.3 Å². The number of aromatic nitrogens is 4. The van der Waals surface area contributed by atoms with E-state index in [-0.39, 0.29) is 42.4 Å². The quantitative estimate of drug-likeness (QED) is 0.543. The normalized spacial score (nSPS) is 29.6. The molecule has 7 rings (SSSR count). The van der Waals surface area contributed by atoms with Crippen molar-refractivity contribution in [1.29, 1.82) is 0 Å². The van der Waals surface area contributed by atoms with E-state index < -0.39 is 17.0 Å². The second-order valence-electron chi connectivity index (χ2n) is 10.9. The molecule has 190 valence electrons. The molecule has 1 saturated heterocycles. The molecule has 3 aromatic heterocycles. The summed E-state index contributed by atoms with van der Waals surface area (Å²) in [6, 6.07) is 3.26. The van der Waals surface area contributed by atoms with Crippen LogP contribution in [0.2, 0.25) is 0 Å². The van der Waals surface area contributed by atoms with Crippen LogP contribution in [0.5, 0.6) is 0 Å². The van der Waals surface area contributed by atoms with Gasteiger partial charge in [-0.05, 0) is 57.6 Å². The van der Waals surface area contributed by atoms with Crippen LogP contribution in [-0.2, 0) is 17.2 Å². The lowest BCUT2D eigenvalue weighted by molar-refractivity contribution is -0.337. The number of nitrogens with zero attached hydrogens (tertiary/aromatic N) is 4. The summed E-state index contributed by atoms with van der Waals surface area (Å²) >= 11 is 0. The molecule has 4 fully saturated rings. The van der Waals surface area contributed by atoms with Gasteiger partial charge in [-0.2, -0.15) is 13.2 Å². The fourth-order valence-electron chi connectivity index (χ4n) is 6.35. The Balaban J connectivity index is 1.42. The zero-order valence-corrected chi connectivity index (χ0v) is 20.4. The summed E-state index contributed by atoms with van der Waals surface area (Å²) in [4.78, 5) is 34.6. The first kappa shape index (κ1) is 23.4. The number of fused-ring (bicyclic) bond motifs is 1. The molecule has 0 spiro atoms. The summed E-state index contributed by atoms with van der Waals surface area (Å²) in [6.45, 7) is 3.92. The highest BCUT2D eigenvalue weighted by molar-refractivity contribution is 5.54. The van der Waals surface area contributed by atoms with Gasteiger partial charge in [-0.15, -0.1) is 0 Å². The molecule has 0 amide bonds. The molecular formula is C26H27F3N4O3. The molecule has 4 heterocycles. The minimum atomic E-state index is -4.23. The Morgan fingerprint density at radius 1 is 1.08 bits per heavy atom. The predicted octanol–water partition coefficient (Wildman–Crippen LogP) is 4.02. The molecule has 3 aliphatic carbocycles. The van der Waals surface area contributed by atoms with Crippen molar-refractivity contribution >= 4 is 5.65 Å². The van der Waals surface area contributed by atoms with Gasteiger partial charge in [0.15, 0.2) is 5.65 Å². The van der Waals surface area contributed by atoms with Crippen molar-refractivity contribution in [2.75, 3.05) is 6.61 Å². The van der Waals surface area contributed by atoms with Gasteiger partial charge in [-0.3, -0.25) is 19.0 Å². The molecule has 10 heteroatoms. The molecule has 0 aromatic carbocycles. The van der Waals surface area contributed by atoms with Crippen LogP contribution in [0.25, 0.3) is 5.65 Å². The van der Waals surface area contributed by atoms with Crippen molar-refractivity contribution in [2.24, 2.45) is 12.5 Å². The summed E-state index contributed by atoms with van der Waals surface area (Å²) in [5.74, 6) is -0.0541. The molecule has 0 N–H and O–H groups in total. The van der Waals surface area contributed by atoms with Crippen LogP contribution >= 0.6 is 0 Å². The van der Waals surface area contributed by atoms with E-state index in [1.165, 1.54) is 15.0 Å². The Labute approximate surface area is 205 Å². The van der Waals surface area contributed by atoms with E-state index in [0.29, 0.717) is 47.7 Å². The molecule has 3 saturated carbocycles. The molecular weight excluding hydrogens is 473 g/mol. The maximum atomic E-state index is 13.6. The smallest absolute Gasteiger partial charge is 0.373 e. The van der Waals surface area contributed by atoms with Crippen LogP contribution in [0.15, 0.2) is 34.1 Å². The monoisotopic (exact) mass is 500 g/mol. The number of hydrogen-bond acceptors (Lipinski definition) is 5. The van der Waals surface area contributed by atoms with E-state index in [9.17, 15) is 22.8 Å². The minimum absolute atomic E-state index is 0.00709. The van der Waals surface area contributed by atoms with E-state index in [1.54, 1.807) is 39.4 Å². The van der Waals surface area contributed by atoms with Gasteiger partial charge < -0.3 is 9.30 Å². The van der Waals surface area contributed by atoms with Gasteiger partial charge in [0.2, 0.25) is 5.56 Å². The molecule has 2 atom stereocenters. The average Bonchev–Trinajstić information content (AvgIpc) is 2.77. The molecule has 7 nitrogen and oxygen atoms in total. The topological polar surface area (TPSA) is 78.5 Å². The second kappa shape index (κ2) is 7.50. The number of pyridine rings is 1. The van der Waals surface area contributed by atoms with E-state index in [1.807, 2.05) is 0 Å². The van der Waals surface area contributed by atoms with Gasteiger partial charge in [0, 0.05) is 54.7 Å². The van der Waals surface area contributed by atoms with Crippen molar-refractivity contribution in [1.82, 2.24) is 18.9 Å². The lowest BCUT2D eigenvalue weighted by Crippen LogP contribution is -2.70. The SMILES string of the molecule is Cc1nc2c(C34CC(C(F)(F)F)(C3)C4)nc([C@H]3CCO[C@@H](c4ccc(=O)n(C)c4)C3)cn2c(=O)c1C. The lowest BCUT2D eigenvalue weighted by Gasteiger charge is -2.70. The fraction of sp³-hybridized carbons (Fsp3) is 0.538. The molecule has 0 radical (unpaired) electrons. The number of hydrogen-bond donors (Lipinski definition) is 0. The largest absolute Gasteiger partial charge is 0.394 e. The summed E-state index contributed by atoms with van der Waals surface area (Å²) in [7, 11) is 1.69. The maximum absolute atomic E-state index is 13.6. The minimum Gasteiger partial charge on any atom is -0.373 e. The first-order valence-electron chi connectivity index (χ1n) is 12.2. The zero-order valence-electron chi connectivity index (χ0n) is 20.4. The van der Waals surface area contributed by atoms with Gasteiger partial charge in [0.05, 0.1) is 22.9 Å². The number of rotatable bonds is 3. The van der Waals surface area contributed by atoms with E-state index >= 15 is 0 Å². The Morgan fingerprint density at radius 3 is 2.47 bits per heavy atom. The zero-order chi connectivity index (χ0) is 25.6. The van der Waals surface area contributed by atoms with Crippen molar-refractivity contribution in [3.8, 4) is 0 Å². The summed E-state index contributed by atoms with van der Waals surface area (Å²) in [6.07, 6.45) is 0.215. The third-order valence-corrected chi connectivity index (χ3v) is 8.61. The highest BCUT2D eigenvalue weighted by Gasteiger charge is 2.79. The number of alkyl halides is 3. The number of halogens is 3. The van der Waals surface area contributed by atoms with Crippen LogP contribution in [0.3, 0.4) is 0 Å². The van der Waals surface area contributed by atoms with E-state index in [2.05, 4.69) is 4.98 Å². The van der Waals surface area contributed by atoms with E-state index in [4.69, 9.17) is 9.72 Å². The standard InChI is InChI=1S/C26H27F3N4O3/c1-14-15(2)30-22-21(24-11-25(12-24,13-24)26(27,28)29)31-18(10-33(22)23(14)35)16-6-7-36-19(8-16)17-4-5-20(34)32(3)9-17/h4-5,9-10,16,19H,6-8,11-13H2,1-3H3/t16-,19+,24?,25?/m0/s1. The van der Waals surface area contributed by atoms with Crippen LogP contribution in [0.4, 0.5) is 13.2 Å². The highest BCUT2D eigenvalue weighted by atomic mass is 19.4. The van der Waals surface area contributed by atoms with Gasteiger partial charge in [0.1, 0.15) is 0 Å². The predicted molar refractivity (Wildman–Crippen MR) is 125 cm³/mol. The second-order valence-corrected chi connectivity index (χ2v) is 10.9. The Kier molecular flexibility index (Phi) is 4.88. The molecule has 0 unspecified atom stereocenters. The van der Waals surface area contributed by atoms with Gasteiger partial charge in [-0.1, -0.05) is 0 Å². The average molecular weight is 501 g/mol. The van der Waals surface area contributed by atoms with Crippen LogP contribution < -0.4 is 11.1 Å². The van der Waals surface area contributed by atoms with E-state index in [0.717, 1.165) is 5.56 Å². The first-order valence-corrected chi connectivity index (χ1v) is 12.2.